The van der Waals surface area contributed by atoms with Crippen LogP contribution in [0.5, 0.6) is 23.0 Å². The number of nitrogens with one attached hydrogen (secondary N) is 3. The Labute approximate surface area is 291 Å². The van der Waals surface area contributed by atoms with Crippen molar-refractivity contribution >= 4 is 50.8 Å². The summed E-state index contributed by atoms with van der Waals surface area (Å²) in [6.07, 6.45) is 1.48. The van der Waals surface area contributed by atoms with Gasteiger partial charge in [0.05, 0.1) is 43.1 Å². The molecule has 4 aromatic rings. The van der Waals surface area contributed by atoms with Crippen LogP contribution in [0.25, 0.3) is 10.8 Å². The molecule has 0 fully saturated rings. The lowest BCUT2D eigenvalue weighted by molar-refractivity contribution is -0.136. The molecule has 1 aliphatic rings. The number of fused-ring (bicyclic) bond motifs is 1. The van der Waals surface area contributed by atoms with Crippen molar-refractivity contribution in [1.29, 1.82) is 0 Å². The first-order valence-corrected chi connectivity index (χ1v) is 16.1. The summed E-state index contributed by atoms with van der Waals surface area (Å²) in [5, 5.41) is 11.6. The molecule has 4 aromatic carbocycles. The van der Waals surface area contributed by atoms with Gasteiger partial charge in [-0.2, -0.15) is 5.10 Å². The maximum absolute atomic E-state index is 12.6. The lowest BCUT2D eigenvalue weighted by Crippen LogP contribution is -2.45. The quantitative estimate of drug-likeness (QED) is 0.0874. The SMILES string of the molecule is CCOc1cc(/C=N\NC(=O)COc2ccc([C@H]3NC(=O)NC(C)=C3C(=O)OC)cc2OC)cc(Br)c1OCc1cccc2ccccc12. The smallest absolute Gasteiger partial charge is 0.337 e. The predicted octanol–water partition coefficient (Wildman–Crippen LogP) is 5.92. The topological polar surface area (TPSA) is 146 Å². The predicted molar refractivity (Wildman–Crippen MR) is 187 cm³/mol. The summed E-state index contributed by atoms with van der Waals surface area (Å²) < 4.78 is 28.8. The molecule has 0 unspecified atom stereocenters. The second kappa shape index (κ2) is 16.0. The summed E-state index contributed by atoms with van der Waals surface area (Å²) in [4.78, 5) is 37.2. The number of urea groups is 1. The van der Waals surface area contributed by atoms with Gasteiger partial charge >= 0.3 is 12.0 Å². The zero-order chi connectivity index (χ0) is 34.9. The number of nitrogens with zero attached hydrogens (tertiary/aromatic N) is 1. The molecule has 0 saturated carbocycles. The van der Waals surface area contributed by atoms with Crippen molar-refractivity contribution < 1.29 is 38.1 Å². The molecule has 3 N–H and O–H groups in total. The number of methoxy groups -OCH3 is 2. The Morgan fingerprint density at radius 1 is 0.959 bits per heavy atom. The summed E-state index contributed by atoms with van der Waals surface area (Å²) >= 11 is 3.59. The highest BCUT2D eigenvalue weighted by Crippen LogP contribution is 2.38. The first kappa shape index (κ1) is 34.8. The third-order valence-corrected chi connectivity index (χ3v) is 8.13. The second-order valence-electron chi connectivity index (χ2n) is 10.7. The molecule has 1 heterocycles. The van der Waals surface area contributed by atoms with Gasteiger partial charge in [-0.15, -0.1) is 0 Å². The summed E-state index contributed by atoms with van der Waals surface area (Å²) in [7, 11) is 2.70. The maximum Gasteiger partial charge on any atom is 0.337 e. The molecule has 5 rings (SSSR count). The van der Waals surface area contributed by atoms with Gasteiger partial charge in [0.15, 0.2) is 29.6 Å². The normalized spacial score (nSPS) is 14.2. The van der Waals surface area contributed by atoms with Crippen LogP contribution in [-0.4, -0.2) is 51.6 Å². The number of amides is 3. The molecule has 1 aliphatic heterocycles. The van der Waals surface area contributed by atoms with Gasteiger partial charge in [-0.05, 0) is 81.5 Å². The zero-order valence-electron chi connectivity index (χ0n) is 27.3. The van der Waals surface area contributed by atoms with Gasteiger partial charge in [-0.25, -0.2) is 15.0 Å². The van der Waals surface area contributed by atoms with E-state index in [2.05, 4.69) is 55.3 Å². The lowest BCUT2D eigenvalue weighted by Gasteiger charge is -2.28. The molecule has 0 aromatic heterocycles. The monoisotopic (exact) mass is 730 g/mol. The van der Waals surface area contributed by atoms with E-state index in [1.165, 1.54) is 20.4 Å². The fourth-order valence-corrected chi connectivity index (χ4v) is 5.87. The molecular weight excluding hydrogens is 696 g/mol. The Bertz CT molecular complexity index is 1940. The van der Waals surface area contributed by atoms with E-state index >= 15 is 0 Å². The van der Waals surface area contributed by atoms with Crippen molar-refractivity contribution in [3.63, 3.8) is 0 Å². The molecule has 13 heteroatoms. The largest absolute Gasteiger partial charge is 0.493 e. The van der Waals surface area contributed by atoms with Crippen LogP contribution >= 0.6 is 15.9 Å². The van der Waals surface area contributed by atoms with E-state index in [9.17, 15) is 14.4 Å². The first-order chi connectivity index (χ1) is 23.7. The van der Waals surface area contributed by atoms with Crippen molar-refractivity contribution in [1.82, 2.24) is 16.1 Å². The third-order valence-electron chi connectivity index (χ3n) is 7.54. The number of carbonyl (C=O) groups excluding carboxylic acids is 3. The van der Waals surface area contributed by atoms with Crippen LogP contribution < -0.4 is 35.0 Å². The molecule has 0 spiro atoms. The van der Waals surface area contributed by atoms with E-state index < -0.39 is 23.9 Å². The Balaban J connectivity index is 1.21. The number of halogens is 1. The van der Waals surface area contributed by atoms with Gasteiger partial charge in [0.25, 0.3) is 5.91 Å². The van der Waals surface area contributed by atoms with Crippen molar-refractivity contribution in [3.05, 3.63) is 105 Å². The minimum absolute atomic E-state index is 0.249. The Hall–Kier alpha value is -5.56. The van der Waals surface area contributed by atoms with Crippen LogP contribution in [0.15, 0.2) is 93.6 Å². The molecule has 0 bridgehead atoms. The van der Waals surface area contributed by atoms with Crippen LogP contribution in [-0.2, 0) is 20.9 Å². The number of allylic oxidation sites excluding steroid dienone is 1. The van der Waals surface area contributed by atoms with E-state index in [1.54, 1.807) is 31.2 Å². The van der Waals surface area contributed by atoms with Crippen molar-refractivity contribution in [2.24, 2.45) is 5.10 Å². The van der Waals surface area contributed by atoms with Gasteiger partial charge in [0.1, 0.15) is 6.61 Å². The van der Waals surface area contributed by atoms with Gasteiger partial charge in [0.2, 0.25) is 0 Å². The fourth-order valence-electron chi connectivity index (χ4n) is 5.30. The molecule has 0 aliphatic carbocycles. The van der Waals surface area contributed by atoms with E-state index in [4.69, 9.17) is 23.7 Å². The van der Waals surface area contributed by atoms with Crippen molar-refractivity contribution in [2.75, 3.05) is 27.4 Å². The van der Waals surface area contributed by atoms with Gasteiger partial charge < -0.3 is 34.3 Å². The van der Waals surface area contributed by atoms with E-state index in [1.807, 2.05) is 37.3 Å². The number of benzene rings is 4. The van der Waals surface area contributed by atoms with Crippen LogP contribution in [0, 0.1) is 0 Å². The molecule has 0 radical (unpaired) electrons. The first-order valence-electron chi connectivity index (χ1n) is 15.3. The second-order valence-corrected chi connectivity index (χ2v) is 11.6. The van der Waals surface area contributed by atoms with Crippen LogP contribution in [0.1, 0.15) is 36.6 Å². The molecule has 0 saturated heterocycles. The highest BCUT2D eigenvalue weighted by molar-refractivity contribution is 9.10. The molecule has 254 valence electrons. The number of hydrogen-bond donors (Lipinski definition) is 3. The van der Waals surface area contributed by atoms with Crippen LogP contribution in [0.2, 0.25) is 0 Å². The Kier molecular flexibility index (Phi) is 11.4. The van der Waals surface area contributed by atoms with Gasteiger partial charge in [-0.1, -0.05) is 48.5 Å². The number of rotatable bonds is 13. The minimum Gasteiger partial charge on any atom is -0.493 e. The zero-order valence-corrected chi connectivity index (χ0v) is 28.9. The Morgan fingerprint density at radius 2 is 1.76 bits per heavy atom. The summed E-state index contributed by atoms with van der Waals surface area (Å²) in [5.74, 6) is 0.541. The lowest BCUT2D eigenvalue weighted by atomic mass is 9.95. The van der Waals surface area contributed by atoms with Crippen molar-refractivity contribution in [2.45, 2.75) is 26.5 Å². The maximum atomic E-state index is 12.6. The van der Waals surface area contributed by atoms with Gasteiger partial charge in [-0.3, -0.25) is 4.79 Å². The highest BCUT2D eigenvalue weighted by atomic mass is 79.9. The summed E-state index contributed by atoms with van der Waals surface area (Å²) in [5.41, 5.74) is 5.33. The molecule has 3 amide bonds. The molecular formula is C36H35BrN4O8. The average molecular weight is 732 g/mol. The van der Waals surface area contributed by atoms with Gasteiger partial charge in [0, 0.05) is 5.70 Å². The van der Waals surface area contributed by atoms with E-state index in [0.29, 0.717) is 51.8 Å². The van der Waals surface area contributed by atoms with Crippen LogP contribution in [0.3, 0.4) is 0 Å². The Morgan fingerprint density at radius 3 is 2.53 bits per heavy atom. The van der Waals surface area contributed by atoms with E-state index in [0.717, 1.165) is 16.3 Å². The number of carbonyl (C=O) groups is 3. The number of hydrogen-bond acceptors (Lipinski definition) is 9. The summed E-state index contributed by atoms with van der Waals surface area (Å²) in [6, 6.07) is 21.4. The third kappa shape index (κ3) is 8.30. The minimum atomic E-state index is -0.783. The summed E-state index contributed by atoms with van der Waals surface area (Å²) in [6.45, 7) is 3.90. The number of esters is 1. The fraction of sp³-hybridized carbons (Fsp3) is 0.222. The molecule has 1 atom stereocenters. The molecule has 12 nitrogen and oxygen atoms in total. The van der Waals surface area contributed by atoms with Crippen LogP contribution in [0.4, 0.5) is 4.79 Å². The van der Waals surface area contributed by atoms with E-state index in [-0.39, 0.29) is 17.9 Å². The average Bonchev–Trinajstić information content (AvgIpc) is 3.09. The molecule has 49 heavy (non-hydrogen) atoms. The highest BCUT2D eigenvalue weighted by Gasteiger charge is 2.32. The number of hydrazone groups is 1. The standard InChI is InChI=1S/C36H35BrN4O8/c1-5-47-30-16-22(15-27(37)34(30)49-19-25-11-8-10-23-9-6-7-12-26(23)25)18-38-41-31(42)20-48-28-14-13-24(17-29(28)45-3)33-32(35(43)46-4)21(2)39-36(44)40-33/h6-18,33H,5,19-20H2,1-4H3,(H,41,42)(H2,39,40,44)/b38-18-/t33-/m1/s1. The van der Waals surface area contributed by atoms with Crippen molar-refractivity contribution in [3.8, 4) is 23.0 Å². The number of ether oxygens (including phenoxy) is 5.